The highest BCUT2D eigenvalue weighted by Crippen LogP contribution is 2.26. The zero-order chi connectivity index (χ0) is 17.4. The lowest BCUT2D eigenvalue weighted by Crippen LogP contribution is -2.23. The van der Waals surface area contributed by atoms with Gasteiger partial charge in [-0.3, -0.25) is 4.79 Å². The summed E-state index contributed by atoms with van der Waals surface area (Å²) < 4.78 is 8.95. The van der Waals surface area contributed by atoms with Crippen LogP contribution in [0, 0.1) is 0 Å². The van der Waals surface area contributed by atoms with Gasteiger partial charge >= 0.3 is 0 Å². The predicted molar refractivity (Wildman–Crippen MR) is 105 cm³/mol. The minimum absolute atomic E-state index is 0.0398. The number of furan rings is 1. The maximum atomic E-state index is 12.8. The summed E-state index contributed by atoms with van der Waals surface area (Å²) >= 11 is 10.0. The molecule has 0 atom stereocenters. The lowest BCUT2D eigenvalue weighted by Gasteiger charge is -2.11. The van der Waals surface area contributed by atoms with Gasteiger partial charge in [-0.2, -0.15) is 9.78 Å². The predicted octanol–water partition coefficient (Wildman–Crippen LogP) is 5.28. The molecule has 0 saturated carbocycles. The van der Waals surface area contributed by atoms with E-state index in [-0.39, 0.29) is 11.5 Å². The molecule has 0 spiro atoms. The Morgan fingerprint density at radius 2 is 2.00 bits per heavy atom. The molecule has 0 aliphatic carbocycles. The van der Waals surface area contributed by atoms with Gasteiger partial charge in [0, 0.05) is 16.5 Å². The van der Waals surface area contributed by atoms with E-state index in [0.29, 0.717) is 27.2 Å². The molecule has 1 aromatic carbocycles. The topological polar surface area (TPSA) is 60.4 Å². The highest BCUT2D eigenvalue weighted by atomic mass is 79.9. The van der Waals surface area contributed by atoms with E-state index in [0.717, 1.165) is 8.95 Å². The van der Waals surface area contributed by atoms with Gasteiger partial charge in [0.25, 0.3) is 5.56 Å². The third-order valence-corrected chi connectivity index (χ3v) is 5.52. The first kappa shape index (κ1) is 17.6. The maximum absolute atomic E-state index is 12.8. The van der Waals surface area contributed by atoms with Gasteiger partial charge in [-0.1, -0.05) is 29.8 Å². The van der Waals surface area contributed by atoms with Crippen LogP contribution in [-0.2, 0) is 0 Å². The molecule has 2 aromatic heterocycles. The molecule has 0 aliphatic heterocycles. The molecule has 3 aromatic rings. The molecule has 2 heterocycles. The number of aromatic nitrogens is 2. The SMILES string of the molecule is CC(C)c1nc2ccc(Br)cc2c(=O)n1N=Cc1cc(Br)c(Br)o1. The van der Waals surface area contributed by atoms with Crippen molar-refractivity contribution in [2.45, 2.75) is 19.8 Å². The van der Waals surface area contributed by atoms with Crippen LogP contribution in [-0.4, -0.2) is 15.9 Å². The van der Waals surface area contributed by atoms with Gasteiger partial charge in [0.05, 0.1) is 21.6 Å². The largest absolute Gasteiger partial charge is 0.447 e. The van der Waals surface area contributed by atoms with Crippen LogP contribution in [0.3, 0.4) is 0 Å². The normalized spacial score (nSPS) is 11.9. The second-order valence-corrected chi connectivity index (χ2v) is 7.91. The minimum atomic E-state index is -0.217. The van der Waals surface area contributed by atoms with E-state index in [1.807, 2.05) is 26.0 Å². The number of rotatable bonds is 3. The Kier molecular flexibility index (Phi) is 5.08. The van der Waals surface area contributed by atoms with Gasteiger partial charge in [-0.15, -0.1) is 0 Å². The summed E-state index contributed by atoms with van der Waals surface area (Å²) in [6.45, 7) is 3.94. The van der Waals surface area contributed by atoms with Crippen molar-refractivity contribution in [3.63, 3.8) is 0 Å². The number of nitrogens with zero attached hydrogens (tertiary/aromatic N) is 3. The molecule has 24 heavy (non-hydrogen) atoms. The second-order valence-electron chi connectivity index (χ2n) is 5.42. The third kappa shape index (κ3) is 3.41. The molecular formula is C16H12Br3N3O2. The van der Waals surface area contributed by atoms with Crippen molar-refractivity contribution in [1.29, 1.82) is 0 Å². The first-order chi connectivity index (χ1) is 11.4. The second kappa shape index (κ2) is 6.93. The monoisotopic (exact) mass is 515 g/mol. The average Bonchev–Trinajstić information content (AvgIpc) is 2.85. The van der Waals surface area contributed by atoms with E-state index in [1.54, 1.807) is 12.1 Å². The quantitative estimate of drug-likeness (QED) is 0.444. The molecule has 0 unspecified atom stereocenters. The zero-order valence-corrected chi connectivity index (χ0v) is 17.5. The fourth-order valence-electron chi connectivity index (χ4n) is 2.19. The summed E-state index contributed by atoms with van der Waals surface area (Å²) in [6.07, 6.45) is 1.49. The van der Waals surface area contributed by atoms with Crippen molar-refractivity contribution in [1.82, 2.24) is 9.66 Å². The summed E-state index contributed by atoms with van der Waals surface area (Å²) in [5.74, 6) is 1.15. The van der Waals surface area contributed by atoms with Gasteiger partial charge in [0.2, 0.25) is 0 Å². The smallest absolute Gasteiger partial charge is 0.282 e. The number of halogens is 3. The van der Waals surface area contributed by atoms with Gasteiger partial charge in [0.15, 0.2) is 4.67 Å². The molecule has 3 rings (SSSR count). The summed E-state index contributed by atoms with van der Waals surface area (Å²) in [5, 5.41) is 4.80. The summed E-state index contributed by atoms with van der Waals surface area (Å²) in [4.78, 5) is 17.4. The number of benzene rings is 1. The van der Waals surface area contributed by atoms with Crippen molar-refractivity contribution < 1.29 is 4.42 Å². The average molecular weight is 518 g/mol. The van der Waals surface area contributed by atoms with Crippen LogP contribution in [0.15, 0.2) is 52.2 Å². The van der Waals surface area contributed by atoms with E-state index in [4.69, 9.17) is 4.42 Å². The molecule has 5 nitrogen and oxygen atoms in total. The van der Waals surface area contributed by atoms with E-state index < -0.39 is 0 Å². The fourth-order valence-corrected chi connectivity index (χ4v) is 3.16. The van der Waals surface area contributed by atoms with Gasteiger partial charge in [0.1, 0.15) is 11.6 Å². The third-order valence-electron chi connectivity index (χ3n) is 3.31. The Morgan fingerprint density at radius 3 is 2.62 bits per heavy atom. The van der Waals surface area contributed by atoms with Gasteiger partial charge in [-0.25, -0.2) is 4.98 Å². The highest BCUT2D eigenvalue weighted by Gasteiger charge is 2.14. The lowest BCUT2D eigenvalue weighted by molar-refractivity contribution is 0.531. The molecular weight excluding hydrogens is 506 g/mol. The molecule has 0 N–H and O–H groups in total. The zero-order valence-electron chi connectivity index (χ0n) is 12.8. The highest BCUT2D eigenvalue weighted by molar-refractivity contribution is 9.13. The van der Waals surface area contributed by atoms with Crippen LogP contribution in [0.25, 0.3) is 10.9 Å². The summed E-state index contributed by atoms with van der Waals surface area (Å²) in [5.41, 5.74) is 0.438. The molecule has 0 fully saturated rings. The standard InChI is InChI=1S/C16H12Br3N3O2/c1-8(2)15-21-13-4-3-9(17)5-11(13)16(23)22(15)20-7-10-6-12(18)14(19)24-10/h3-8H,1-2H3. The van der Waals surface area contributed by atoms with Crippen LogP contribution in [0.2, 0.25) is 0 Å². The fraction of sp³-hybridized carbons (Fsp3) is 0.188. The van der Waals surface area contributed by atoms with E-state index in [9.17, 15) is 4.79 Å². The van der Waals surface area contributed by atoms with Crippen LogP contribution in [0.1, 0.15) is 31.4 Å². The number of hydrogen-bond acceptors (Lipinski definition) is 4. The van der Waals surface area contributed by atoms with Gasteiger partial charge in [-0.05, 0) is 50.1 Å². The van der Waals surface area contributed by atoms with E-state index >= 15 is 0 Å². The minimum Gasteiger partial charge on any atom is -0.447 e. The molecule has 0 aliphatic rings. The maximum Gasteiger partial charge on any atom is 0.282 e. The Labute approximate surface area is 163 Å². The summed E-state index contributed by atoms with van der Waals surface area (Å²) in [6, 6.07) is 7.20. The molecule has 0 bridgehead atoms. The number of fused-ring (bicyclic) bond motifs is 1. The van der Waals surface area contributed by atoms with E-state index in [2.05, 4.69) is 57.9 Å². The number of hydrogen-bond donors (Lipinski definition) is 0. The van der Waals surface area contributed by atoms with Crippen LogP contribution in [0.4, 0.5) is 0 Å². The van der Waals surface area contributed by atoms with E-state index in [1.165, 1.54) is 10.9 Å². The van der Waals surface area contributed by atoms with Crippen LogP contribution < -0.4 is 5.56 Å². The molecule has 124 valence electrons. The van der Waals surface area contributed by atoms with Crippen LogP contribution >= 0.6 is 47.8 Å². The van der Waals surface area contributed by atoms with Crippen molar-refractivity contribution in [3.05, 3.63) is 59.8 Å². The Morgan fingerprint density at radius 1 is 1.25 bits per heavy atom. The first-order valence-corrected chi connectivity index (χ1v) is 9.46. The van der Waals surface area contributed by atoms with Gasteiger partial charge < -0.3 is 4.42 Å². The van der Waals surface area contributed by atoms with Crippen molar-refractivity contribution in [2.75, 3.05) is 0 Å². The Hall–Kier alpha value is -1.25. The Bertz CT molecular complexity index is 986. The molecule has 0 saturated heterocycles. The summed E-state index contributed by atoms with van der Waals surface area (Å²) in [7, 11) is 0. The first-order valence-electron chi connectivity index (χ1n) is 7.08. The van der Waals surface area contributed by atoms with Crippen molar-refractivity contribution in [3.8, 4) is 0 Å². The lowest BCUT2D eigenvalue weighted by atomic mass is 10.2. The molecule has 8 heteroatoms. The Balaban J connectivity index is 2.19. The molecule has 0 radical (unpaired) electrons. The van der Waals surface area contributed by atoms with Crippen molar-refractivity contribution in [2.24, 2.45) is 5.10 Å². The molecule has 0 amide bonds. The van der Waals surface area contributed by atoms with Crippen LogP contribution in [0.5, 0.6) is 0 Å². The van der Waals surface area contributed by atoms with Crippen molar-refractivity contribution >= 4 is 64.9 Å².